The van der Waals surface area contributed by atoms with Crippen molar-refractivity contribution in [1.82, 2.24) is 9.34 Å². The summed E-state index contributed by atoms with van der Waals surface area (Å²) < 4.78 is 82.4. The lowest BCUT2D eigenvalue weighted by Crippen LogP contribution is -2.21. The fraction of sp³-hybridized carbons (Fsp3) is 0.321. The van der Waals surface area contributed by atoms with E-state index in [9.17, 15) is 18.7 Å². The van der Waals surface area contributed by atoms with Crippen LogP contribution in [-0.4, -0.2) is 100 Å². The minimum absolute atomic E-state index is 0.0620. The number of carbonyl (C=O) groups is 2. The van der Waals surface area contributed by atoms with E-state index in [2.05, 4.69) is 6.58 Å². The normalized spacial score (nSPS) is 12.8. The number of rotatable bonds is 28. The minimum atomic E-state index is -3.84. The summed E-state index contributed by atoms with van der Waals surface area (Å²) in [5.74, 6) is 2.40. The van der Waals surface area contributed by atoms with Crippen molar-refractivity contribution in [3.05, 3.63) is 144 Å². The topological polar surface area (TPSA) is 178 Å². The van der Waals surface area contributed by atoms with Gasteiger partial charge in [-0.2, -0.15) is 0 Å². The van der Waals surface area contributed by atoms with Crippen molar-refractivity contribution >= 4 is 72.2 Å². The Labute approximate surface area is 436 Å². The van der Waals surface area contributed by atoms with E-state index >= 15 is 0 Å². The molecule has 0 fully saturated rings. The molecule has 73 heavy (non-hydrogen) atoms. The summed E-state index contributed by atoms with van der Waals surface area (Å²) in [7, 11) is 1.95. The number of aromatic carboxylic acids is 1. The van der Waals surface area contributed by atoms with Crippen molar-refractivity contribution in [2.75, 3.05) is 74.0 Å². The van der Waals surface area contributed by atoms with E-state index < -0.39 is 27.4 Å². The number of unbranched alkanes of at least 4 members (excludes halogenated alkanes) is 2. The lowest BCUT2D eigenvalue weighted by atomic mass is 10.0. The smallest absolute Gasteiger partial charge is 0.461 e. The van der Waals surface area contributed by atoms with Crippen LogP contribution in [0.4, 0.5) is 0 Å². The highest BCUT2D eigenvalue weighted by Crippen LogP contribution is 2.54. The van der Waals surface area contributed by atoms with Crippen molar-refractivity contribution in [1.29, 1.82) is 0 Å². The first-order chi connectivity index (χ1) is 35.2. The predicted octanol–water partition coefficient (Wildman–Crippen LogP) is 13.1. The molecule has 0 saturated carbocycles. The van der Waals surface area contributed by atoms with Crippen LogP contribution in [-0.2, 0) is 36.1 Å². The number of benzene rings is 6. The van der Waals surface area contributed by atoms with Gasteiger partial charge in [-0.05, 0) is 100 Å². The van der Waals surface area contributed by atoms with E-state index in [1.807, 2.05) is 54.6 Å². The maximum atomic E-state index is 14.1. The average molecular weight is 1080 g/mol. The maximum absolute atomic E-state index is 14.1. The van der Waals surface area contributed by atoms with Crippen molar-refractivity contribution in [3.8, 4) is 34.5 Å². The van der Waals surface area contributed by atoms with Gasteiger partial charge in [0.2, 0.25) is 0 Å². The number of esters is 1. The van der Waals surface area contributed by atoms with Crippen molar-refractivity contribution in [2.24, 2.45) is 0 Å². The van der Waals surface area contributed by atoms with Gasteiger partial charge in [0.1, 0.15) is 41.1 Å². The number of carboxylic acids is 1. The van der Waals surface area contributed by atoms with Gasteiger partial charge in [0.05, 0.1) is 52.8 Å². The molecule has 392 valence electrons. The van der Waals surface area contributed by atoms with Crippen molar-refractivity contribution < 1.29 is 65.6 Å². The Bertz CT molecular complexity index is 2870. The van der Waals surface area contributed by atoms with Gasteiger partial charge in [0, 0.05) is 57.5 Å². The molecular weight excluding hydrogens is 1020 g/mol. The molecule has 0 bridgehead atoms. The van der Waals surface area contributed by atoms with Crippen LogP contribution in [0, 0.1) is 0 Å². The van der Waals surface area contributed by atoms with E-state index in [1.54, 1.807) is 65.4 Å². The number of hydrogen-bond acceptors (Lipinski definition) is 13. The number of fused-ring (bicyclic) bond motifs is 2. The third kappa shape index (κ3) is 15.6. The maximum Gasteiger partial charge on any atom is 0.461 e. The second-order valence-electron chi connectivity index (χ2n) is 16.1. The molecule has 20 heteroatoms. The first-order valence-electron chi connectivity index (χ1n) is 23.1. The van der Waals surface area contributed by atoms with Gasteiger partial charge in [-0.15, -0.1) is 23.2 Å². The third-order valence-electron chi connectivity index (χ3n) is 11.2. The van der Waals surface area contributed by atoms with Gasteiger partial charge in [0.15, 0.2) is 0 Å². The summed E-state index contributed by atoms with van der Waals surface area (Å²) in [6, 6.07) is 30.8. The molecule has 0 radical (unpaired) electrons. The first-order valence-corrected chi connectivity index (χ1v) is 27.2. The van der Waals surface area contributed by atoms with Crippen LogP contribution in [0.5, 0.6) is 34.5 Å². The SMILES string of the molecule is C=CCOC(=O)c1ccc(OP(=O)(OCc2cc(OC)c3ccccc3c2OC)N(C)CCCCCl)cc1.COc1cc(COP(=O)(Oc2ccc(C(=O)O)cc2)N(C)CCCCCl)c(OC)c2ccccc12. The molecule has 0 aliphatic rings. The number of halogens is 2. The first kappa shape index (κ1) is 58.1. The standard InChI is InChI=1S/C28H33ClNO7P.C25H29ClNO7P/c1-5-18-35-28(31)21-12-14-23(15-13-21)37-38(32,30(2)17-9-8-16-29)36-20-22-19-26(33-3)24-10-6-7-11-25(24)27(22)34-4;1-27(15-7-6-14-26)35(30,34-20-12-10-18(11-13-20)25(28)29)33-17-19-16-23(31-2)21-8-4-5-9-22(21)24(19)32-3/h5-7,10-15,19H,1,8-9,16-18,20H2,2-4H3;4-5,8-13,16H,6-7,14-15,17H2,1-3H3,(H,28,29). The number of alkyl halides is 2. The molecule has 0 heterocycles. The molecule has 0 aliphatic carbocycles. The molecule has 0 spiro atoms. The highest BCUT2D eigenvalue weighted by Gasteiger charge is 2.35. The fourth-order valence-corrected chi connectivity index (χ4v) is 10.7. The second kappa shape index (κ2) is 28.6. The minimum Gasteiger partial charge on any atom is -0.496 e. The van der Waals surface area contributed by atoms with Gasteiger partial charge in [-0.3, -0.25) is 9.05 Å². The highest BCUT2D eigenvalue weighted by molar-refractivity contribution is 7.51. The Hall–Kier alpha value is -5.80. The quantitative estimate of drug-likeness (QED) is 0.0161. The van der Waals surface area contributed by atoms with Crippen LogP contribution in [0.15, 0.2) is 122 Å². The van der Waals surface area contributed by atoms with E-state index in [0.29, 0.717) is 77.4 Å². The number of methoxy groups -OCH3 is 4. The van der Waals surface area contributed by atoms with Crippen LogP contribution in [0.3, 0.4) is 0 Å². The van der Waals surface area contributed by atoms with E-state index in [1.165, 1.54) is 47.1 Å². The molecule has 0 aliphatic heterocycles. The molecule has 6 aromatic carbocycles. The molecule has 2 atom stereocenters. The molecule has 6 aromatic rings. The molecule has 0 amide bonds. The Morgan fingerprint density at radius 2 is 0.986 bits per heavy atom. The van der Waals surface area contributed by atoms with Crippen molar-refractivity contribution in [3.63, 3.8) is 0 Å². The Morgan fingerprint density at radius 3 is 1.34 bits per heavy atom. The van der Waals surface area contributed by atoms with E-state index in [0.717, 1.165) is 34.4 Å². The van der Waals surface area contributed by atoms with Crippen molar-refractivity contribution in [2.45, 2.75) is 38.9 Å². The number of ether oxygens (including phenoxy) is 5. The Morgan fingerprint density at radius 1 is 0.589 bits per heavy atom. The summed E-state index contributed by atoms with van der Waals surface area (Å²) in [5.41, 5.74) is 1.72. The number of carboxylic acid groups (broad SMARTS) is 1. The van der Waals surface area contributed by atoms with Gasteiger partial charge < -0.3 is 37.8 Å². The molecule has 2 unspecified atom stereocenters. The predicted molar refractivity (Wildman–Crippen MR) is 286 cm³/mol. The van der Waals surface area contributed by atoms with Crippen LogP contribution in [0.25, 0.3) is 21.5 Å². The van der Waals surface area contributed by atoms with Gasteiger partial charge >= 0.3 is 27.4 Å². The fourth-order valence-electron chi connectivity index (χ4n) is 7.38. The zero-order valence-corrected chi connectivity index (χ0v) is 45.1. The molecule has 6 rings (SSSR count). The zero-order chi connectivity index (χ0) is 53.0. The number of hydrogen-bond donors (Lipinski definition) is 1. The zero-order valence-electron chi connectivity index (χ0n) is 41.8. The van der Waals surface area contributed by atoms with Crippen LogP contribution >= 0.6 is 38.7 Å². The summed E-state index contributed by atoms with van der Waals surface area (Å²) in [6.45, 7) is 4.36. The Kier molecular flexibility index (Phi) is 22.8. The Balaban J connectivity index is 0.000000272. The molecule has 0 aromatic heterocycles. The number of nitrogens with zero attached hydrogens (tertiary/aromatic N) is 2. The van der Waals surface area contributed by atoms with E-state index in [-0.39, 0.29) is 36.9 Å². The van der Waals surface area contributed by atoms with Crippen LogP contribution in [0.2, 0.25) is 0 Å². The second-order valence-corrected chi connectivity index (χ2v) is 21.0. The molecule has 0 saturated heterocycles. The average Bonchev–Trinajstić information content (AvgIpc) is 3.41. The molecular formula is C53H62Cl2N2O14P2. The van der Waals surface area contributed by atoms with Gasteiger partial charge in [-0.25, -0.2) is 28.1 Å². The number of carbonyl (C=O) groups excluding carboxylic acids is 1. The lowest BCUT2D eigenvalue weighted by Gasteiger charge is -2.27. The monoisotopic (exact) mass is 1080 g/mol. The lowest BCUT2D eigenvalue weighted by molar-refractivity contribution is 0.0549. The third-order valence-corrected chi connectivity index (χ3v) is 15.6. The van der Waals surface area contributed by atoms with Crippen LogP contribution < -0.4 is 28.0 Å². The summed E-state index contributed by atoms with van der Waals surface area (Å²) in [6.07, 6.45) is 4.39. The summed E-state index contributed by atoms with van der Waals surface area (Å²) in [5, 5.41) is 12.6. The van der Waals surface area contributed by atoms with Gasteiger partial charge in [-0.1, -0.05) is 61.2 Å². The molecule has 16 nitrogen and oxygen atoms in total. The van der Waals surface area contributed by atoms with E-state index in [4.69, 9.17) is 70.1 Å². The largest absolute Gasteiger partial charge is 0.496 e. The summed E-state index contributed by atoms with van der Waals surface area (Å²) in [4.78, 5) is 23.2. The molecule has 1 N–H and O–H groups in total. The van der Waals surface area contributed by atoms with Crippen LogP contribution in [0.1, 0.15) is 57.5 Å². The van der Waals surface area contributed by atoms with Gasteiger partial charge in [0.25, 0.3) is 0 Å². The summed E-state index contributed by atoms with van der Waals surface area (Å²) >= 11 is 11.6. The highest BCUT2D eigenvalue weighted by atomic mass is 35.5.